The molecule has 0 saturated carbocycles. The summed E-state index contributed by atoms with van der Waals surface area (Å²) in [6.45, 7) is 7.11. The summed E-state index contributed by atoms with van der Waals surface area (Å²) < 4.78 is 5.16. The molecule has 0 fully saturated rings. The Morgan fingerprint density at radius 2 is 1.49 bits per heavy atom. The van der Waals surface area contributed by atoms with Crippen molar-refractivity contribution in [2.24, 2.45) is 11.8 Å². The third-order valence-electron chi connectivity index (χ3n) is 15.4. The largest absolute Gasteiger partial charge is 0.352 e. The zero-order valence-corrected chi connectivity index (χ0v) is 37.5. The van der Waals surface area contributed by atoms with Crippen molar-refractivity contribution in [2.75, 3.05) is 17.3 Å². The van der Waals surface area contributed by atoms with Crippen LogP contribution in [0.15, 0.2) is 182 Å². The second-order valence-corrected chi connectivity index (χ2v) is 19.4. The molecule has 8 aromatic rings. The fourth-order valence-electron chi connectivity index (χ4n) is 12.2. The van der Waals surface area contributed by atoms with E-state index >= 15 is 0 Å². The SMILES string of the molecule is CC1C=Cc2c(n(C3=CC=CCC3C)c3cc(C4c5ccccc5NC(n5c6ccccc6c6cc(-c7ccc8c(c7)C7(C)C=CC=CC7N8c7ccccc7)ccc65)N4C)ccc23)C1. The number of nitrogens with zero attached hydrogens (tertiary/aromatic N) is 4. The summed E-state index contributed by atoms with van der Waals surface area (Å²) in [6.07, 6.45) is 22.8. The number of hydrogen-bond acceptors (Lipinski definition) is 3. The van der Waals surface area contributed by atoms with Crippen molar-refractivity contribution in [3.8, 4) is 11.1 Å². The zero-order valence-electron chi connectivity index (χ0n) is 37.5. The summed E-state index contributed by atoms with van der Waals surface area (Å²) in [7, 11) is 2.30. The minimum Gasteiger partial charge on any atom is -0.352 e. The lowest BCUT2D eigenvalue weighted by atomic mass is 9.75. The quantitative estimate of drug-likeness (QED) is 0.187. The normalized spacial score (nSPS) is 24.3. The van der Waals surface area contributed by atoms with Gasteiger partial charge in [-0.05, 0) is 121 Å². The molecule has 65 heavy (non-hydrogen) atoms. The van der Waals surface area contributed by atoms with Crippen LogP contribution in [0.3, 0.4) is 0 Å². The van der Waals surface area contributed by atoms with E-state index in [9.17, 15) is 0 Å². The molecule has 0 spiro atoms. The van der Waals surface area contributed by atoms with E-state index in [-0.39, 0.29) is 23.8 Å². The molecule has 4 heterocycles. The maximum Gasteiger partial charge on any atom is 0.162 e. The van der Waals surface area contributed by atoms with E-state index in [1.807, 2.05) is 0 Å². The Labute approximate surface area is 381 Å². The second kappa shape index (κ2) is 14.5. The van der Waals surface area contributed by atoms with Gasteiger partial charge in [-0.2, -0.15) is 0 Å². The highest BCUT2D eigenvalue weighted by molar-refractivity contribution is 6.09. The summed E-state index contributed by atoms with van der Waals surface area (Å²) in [5.74, 6) is 0.953. The first-order valence-electron chi connectivity index (χ1n) is 23.5. The van der Waals surface area contributed by atoms with Crippen molar-refractivity contribution in [1.29, 1.82) is 0 Å². The van der Waals surface area contributed by atoms with Crippen LogP contribution in [0.1, 0.15) is 67.5 Å². The van der Waals surface area contributed by atoms with Gasteiger partial charge >= 0.3 is 0 Å². The highest BCUT2D eigenvalue weighted by Crippen LogP contribution is 2.53. The summed E-state index contributed by atoms with van der Waals surface area (Å²) in [5.41, 5.74) is 17.9. The van der Waals surface area contributed by atoms with Gasteiger partial charge in [-0.15, -0.1) is 0 Å². The fourth-order valence-corrected chi connectivity index (χ4v) is 12.2. The summed E-state index contributed by atoms with van der Waals surface area (Å²) >= 11 is 0. The van der Waals surface area contributed by atoms with Crippen molar-refractivity contribution < 1.29 is 0 Å². The Balaban J connectivity index is 0.934. The molecule has 0 radical (unpaired) electrons. The van der Waals surface area contributed by atoms with Gasteiger partial charge in [0.2, 0.25) is 0 Å². The Bertz CT molecular complexity index is 3410. The molecule has 2 aliphatic heterocycles. The van der Waals surface area contributed by atoms with E-state index in [0.29, 0.717) is 11.8 Å². The molecule has 1 N–H and O–H groups in total. The van der Waals surface area contributed by atoms with Gasteiger partial charge < -0.3 is 19.4 Å². The maximum atomic E-state index is 4.05. The zero-order chi connectivity index (χ0) is 43.6. The van der Waals surface area contributed by atoms with Gasteiger partial charge in [-0.3, -0.25) is 4.90 Å². The molecule has 6 unspecified atom stereocenters. The van der Waals surface area contributed by atoms with Crippen LogP contribution in [-0.2, 0) is 11.8 Å². The minimum absolute atomic E-state index is 0.0144. The van der Waals surface area contributed by atoms with Crippen LogP contribution in [0.25, 0.3) is 55.6 Å². The lowest BCUT2D eigenvalue weighted by molar-refractivity contribution is 0.160. The molecular weight excluding hydrogens is 791 g/mol. The number of para-hydroxylation sites is 3. The maximum absolute atomic E-state index is 4.05. The van der Waals surface area contributed by atoms with Crippen molar-refractivity contribution >= 4 is 61.5 Å². The molecular formula is C60H53N5. The Hall–Kier alpha value is -7.08. The van der Waals surface area contributed by atoms with E-state index in [0.717, 1.165) is 12.8 Å². The van der Waals surface area contributed by atoms with Crippen LogP contribution in [-0.4, -0.2) is 27.1 Å². The lowest BCUT2D eigenvalue weighted by Crippen LogP contribution is -2.42. The van der Waals surface area contributed by atoms with Gasteiger partial charge in [0.15, 0.2) is 6.29 Å². The molecule has 0 bridgehead atoms. The third-order valence-corrected chi connectivity index (χ3v) is 15.4. The number of anilines is 3. The van der Waals surface area contributed by atoms with E-state index in [2.05, 4.69) is 240 Å². The van der Waals surface area contributed by atoms with Crippen LogP contribution >= 0.6 is 0 Å². The molecule has 5 heteroatoms. The number of nitrogens with one attached hydrogen (secondary N) is 1. The van der Waals surface area contributed by atoms with Crippen molar-refractivity contribution in [1.82, 2.24) is 14.0 Å². The molecule has 6 atom stereocenters. The Morgan fingerprint density at radius 3 is 2.38 bits per heavy atom. The number of rotatable bonds is 5. The fraction of sp³-hybridized carbons (Fsp3) is 0.200. The summed E-state index contributed by atoms with van der Waals surface area (Å²) in [4.78, 5) is 5.06. The standard InChI is InChI=1S/C60H53N5/c1-38-25-29-45-46-30-26-42(37-56(46)64(55(45)34-38)51-22-12-8-16-39(51)2)58-47-20-9-11-21-50(47)61-59(62(58)4)65-52-23-13-10-19-44(52)48-35-40(27-31-53(48)65)41-28-32-54-49(36-41)60(3)33-15-14-24-57(60)63(54)43-17-6-5-7-18-43/h5-15,17-33,35-39,57-59,61H,16,34H2,1-4H3. The molecule has 318 valence electrons. The third kappa shape index (κ3) is 5.68. The van der Waals surface area contributed by atoms with E-state index in [1.165, 1.54) is 94.5 Å². The predicted molar refractivity (Wildman–Crippen MR) is 273 cm³/mol. The number of allylic oxidation sites excluding steroid dienone is 7. The molecule has 3 aliphatic carbocycles. The number of fused-ring (bicyclic) bond motifs is 10. The summed E-state index contributed by atoms with van der Waals surface area (Å²) in [6, 6.07) is 50.5. The van der Waals surface area contributed by atoms with E-state index in [4.69, 9.17) is 0 Å². The monoisotopic (exact) mass is 843 g/mol. The average Bonchev–Trinajstić information content (AvgIpc) is 3.93. The van der Waals surface area contributed by atoms with Crippen LogP contribution in [0, 0.1) is 11.8 Å². The van der Waals surface area contributed by atoms with Gasteiger partial charge in [0, 0.05) is 61.5 Å². The van der Waals surface area contributed by atoms with E-state index < -0.39 is 0 Å². The first-order valence-corrected chi connectivity index (χ1v) is 23.5. The van der Waals surface area contributed by atoms with Gasteiger partial charge in [0.25, 0.3) is 0 Å². The molecule has 13 rings (SSSR count). The van der Waals surface area contributed by atoms with E-state index in [1.54, 1.807) is 0 Å². The summed E-state index contributed by atoms with van der Waals surface area (Å²) in [5, 5.41) is 7.91. The van der Waals surface area contributed by atoms with Crippen LogP contribution in [0.2, 0.25) is 0 Å². The topological polar surface area (TPSA) is 28.4 Å². The molecule has 5 aliphatic rings. The molecule has 6 aromatic carbocycles. The number of benzene rings is 6. The number of hydrogen-bond donors (Lipinski definition) is 1. The first-order chi connectivity index (χ1) is 31.9. The van der Waals surface area contributed by atoms with Gasteiger partial charge in [-0.1, -0.05) is 141 Å². The molecule has 0 saturated heterocycles. The predicted octanol–water partition coefficient (Wildman–Crippen LogP) is 14.6. The van der Waals surface area contributed by atoms with Crippen LogP contribution in [0.4, 0.5) is 17.1 Å². The van der Waals surface area contributed by atoms with Crippen LogP contribution in [0.5, 0.6) is 0 Å². The second-order valence-electron chi connectivity index (χ2n) is 19.4. The highest BCUT2D eigenvalue weighted by atomic mass is 15.4. The Morgan fingerprint density at radius 1 is 0.692 bits per heavy atom. The smallest absolute Gasteiger partial charge is 0.162 e. The molecule has 2 aromatic heterocycles. The van der Waals surface area contributed by atoms with Gasteiger partial charge in [0.1, 0.15) is 0 Å². The first kappa shape index (κ1) is 38.4. The van der Waals surface area contributed by atoms with Crippen molar-refractivity contribution in [2.45, 2.75) is 57.4 Å². The number of aromatic nitrogens is 2. The van der Waals surface area contributed by atoms with Crippen LogP contribution < -0.4 is 10.2 Å². The lowest BCUT2D eigenvalue weighted by Gasteiger charge is -2.43. The highest BCUT2D eigenvalue weighted by Gasteiger charge is 2.46. The molecule has 0 amide bonds. The minimum atomic E-state index is -0.152. The van der Waals surface area contributed by atoms with Gasteiger partial charge in [-0.25, -0.2) is 0 Å². The molecule has 5 nitrogen and oxygen atoms in total. The van der Waals surface area contributed by atoms with Gasteiger partial charge in [0.05, 0.1) is 28.6 Å². The van der Waals surface area contributed by atoms with Crippen molar-refractivity contribution in [3.05, 3.63) is 210 Å². The average molecular weight is 844 g/mol. The Kier molecular flexibility index (Phi) is 8.54. The van der Waals surface area contributed by atoms with Crippen molar-refractivity contribution in [3.63, 3.8) is 0 Å².